The molecule has 2 aromatic heterocycles. The molecule has 2 heterocycles. The largest absolute Gasteiger partial charge is 0.384 e. The molecule has 27 heavy (non-hydrogen) atoms. The minimum absolute atomic E-state index is 0.0628. The Balaban J connectivity index is 1.48. The summed E-state index contributed by atoms with van der Waals surface area (Å²) in [4.78, 5) is 14.8. The molecule has 0 aliphatic rings. The molecule has 0 unspecified atom stereocenters. The Morgan fingerprint density at radius 3 is 2.70 bits per heavy atom. The molecule has 0 amide bonds. The van der Waals surface area contributed by atoms with Crippen molar-refractivity contribution in [1.82, 2.24) is 14.8 Å². The second-order valence-electron chi connectivity index (χ2n) is 6.12. The number of pyridine rings is 1. The Labute approximate surface area is 155 Å². The molecule has 2 aromatic carbocycles. The molecule has 1 N–H and O–H groups in total. The van der Waals surface area contributed by atoms with Crippen molar-refractivity contribution in [1.29, 1.82) is 0 Å². The van der Waals surface area contributed by atoms with E-state index >= 15 is 0 Å². The fraction of sp³-hybridized carbons (Fsp3) is 0.100. The number of rotatable bonds is 6. The molecule has 4 rings (SSSR count). The highest BCUT2D eigenvalue weighted by molar-refractivity contribution is 5.99. The Kier molecular flexibility index (Phi) is 4.49. The molecule has 0 saturated heterocycles. The van der Waals surface area contributed by atoms with Gasteiger partial charge in [0.1, 0.15) is 0 Å². The Bertz CT molecular complexity index is 1090. The van der Waals surface area contributed by atoms with Crippen molar-refractivity contribution in [2.75, 3.05) is 11.9 Å². The van der Waals surface area contributed by atoms with E-state index in [9.17, 15) is 10.1 Å². The first-order valence-electron chi connectivity index (χ1n) is 8.56. The van der Waals surface area contributed by atoms with Gasteiger partial charge in [0.05, 0.1) is 22.2 Å². The van der Waals surface area contributed by atoms with Crippen LogP contribution in [0, 0.1) is 10.1 Å². The van der Waals surface area contributed by atoms with Crippen molar-refractivity contribution in [2.24, 2.45) is 0 Å². The summed E-state index contributed by atoms with van der Waals surface area (Å²) in [5.41, 5.74) is 3.05. The number of anilines is 1. The molecule has 4 aromatic rings. The maximum absolute atomic E-state index is 11.2. The number of aromatic nitrogens is 3. The lowest BCUT2D eigenvalue weighted by atomic mass is 10.1. The summed E-state index contributed by atoms with van der Waals surface area (Å²) in [6.45, 7) is 0.690. The number of para-hydroxylation sites is 1. The van der Waals surface area contributed by atoms with Gasteiger partial charge in [0, 0.05) is 42.3 Å². The lowest BCUT2D eigenvalue weighted by Gasteiger charge is -2.09. The zero-order valence-electron chi connectivity index (χ0n) is 14.4. The average molecular weight is 359 g/mol. The topological polar surface area (TPSA) is 85.9 Å². The van der Waals surface area contributed by atoms with E-state index in [1.807, 2.05) is 47.4 Å². The standard InChI is InChI=1S/C20H17N5O2/c26-25(27)20-7-6-19(17-9-10-21-13-18(17)20)22-11-8-15-12-23-24(14-15)16-4-2-1-3-5-16/h1-7,9-10,12-14,22H,8,11H2. The van der Waals surface area contributed by atoms with Gasteiger partial charge >= 0.3 is 0 Å². The van der Waals surface area contributed by atoms with Crippen LogP contribution in [0.2, 0.25) is 0 Å². The molecule has 0 radical (unpaired) electrons. The number of nitro benzene ring substituents is 1. The number of nitro groups is 1. The molecule has 0 atom stereocenters. The first kappa shape index (κ1) is 16.7. The Hall–Kier alpha value is -3.74. The minimum Gasteiger partial charge on any atom is -0.384 e. The summed E-state index contributed by atoms with van der Waals surface area (Å²) in [5, 5.41) is 20.3. The summed E-state index contributed by atoms with van der Waals surface area (Å²) in [7, 11) is 0. The minimum atomic E-state index is -0.383. The fourth-order valence-corrected chi connectivity index (χ4v) is 3.04. The van der Waals surface area contributed by atoms with Crippen LogP contribution in [0.1, 0.15) is 5.56 Å². The van der Waals surface area contributed by atoms with Crippen LogP contribution in [0.25, 0.3) is 16.5 Å². The predicted molar refractivity (Wildman–Crippen MR) is 104 cm³/mol. The lowest BCUT2D eigenvalue weighted by Crippen LogP contribution is -2.05. The second-order valence-corrected chi connectivity index (χ2v) is 6.12. The first-order chi connectivity index (χ1) is 13.2. The summed E-state index contributed by atoms with van der Waals surface area (Å²) in [6, 6.07) is 15.0. The molecule has 7 heteroatoms. The van der Waals surface area contributed by atoms with Gasteiger partial charge in [-0.3, -0.25) is 15.1 Å². The van der Waals surface area contributed by atoms with Crippen LogP contribution >= 0.6 is 0 Å². The van der Waals surface area contributed by atoms with Crippen molar-refractivity contribution < 1.29 is 4.92 Å². The number of hydrogen-bond acceptors (Lipinski definition) is 5. The van der Waals surface area contributed by atoms with E-state index in [4.69, 9.17) is 0 Å². The second kappa shape index (κ2) is 7.25. The number of non-ortho nitro benzene ring substituents is 1. The van der Waals surface area contributed by atoms with Gasteiger partial charge in [-0.1, -0.05) is 18.2 Å². The molecular formula is C20H17N5O2. The van der Waals surface area contributed by atoms with Gasteiger partial charge in [0.25, 0.3) is 5.69 Å². The highest BCUT2D eigenvalue weighted by Gasteiger charge is 2.14. The molecule has 0 fully saturated rings. The van der Waals surface area contributed by atoms with Gasteiger partial charge in [-0.15, -0.1) is 0 Å². The van der Waals surface area contributed by atoms with Crippen molar-refractivity contribution in [2.45, 2.75) is 6.42 Å². The number of nitrogens with zero attached hydrogens (tertiary/aromatic N) is 4. The monoisotopic (exact) mass is 359 g/mol. The Morgan fingerprint density at radius 2 is 1.89 bits per heavy atom. The smallest absolute Gasteiger partial charge is 0.278 e. The lowest BCUT2D eigenvalue weighted by molar-refractivity contribution is -0.383. The highest BCUT2D eigenvalue weighted by atomic mass is 16.6. The van der Waals surface area contributed by atoms with Crippen LogP contribution < -0.4 is 5.32 Å². The maximum atomic E-state index is 11.2. The van der Waals surface area contributed by atoms with Crippen molar-refractivity contribution >= 4 is 22.1 Å². The number of nitrogens with one attached hydrogen (secondary N) is 1. The Morgan fingerprint density at radius 1 is 1.04 bits per heavy atom. The summed E-state index contributed by atoms with van der Waals surface area (Å²) in [5.74, 6) is 0. The predicted octanol–water partition coefficient (Wildman–Crippen LogP) is 3.98. The zero-order chi connectivity index (χ0) is 18.6. The van der Waals surface area contributed by atoms with Crippen LogP contribution in [0.3, 0.4) is 0 Å². The van der Waals surface area contributed by atoms with Gasteiger partial charge in [-0.05, 0) is 36.2 Å². The van der Waals surface area contributed by atoms with E-state index in [0.717, 1.165) is 28.7 Å². The SMILES string of the molecule is O=[N+]([O-])c1ccc(NCCc2cnn(-c3ccccc3)c2)c2ccncc12. The first-order valence-corrected chi connectivity index (χ1v) is 8.56. The van der Waals surface area contributed by atoms with Crippen LogP contribution in [-0.2, 0) is 6.42 Å². The third-order valence-corrected chi connectivity index (χ3v) is 4.38. The number of hydrogen-bond donors (Lipinski definition) is 1. The summed E-state index contributed by atoms with van der Waals surface area (Å²) >= 11 is 0. The van der Waals surface area contributed by atoms with Crippen LogP contribution in [0.4, 0.5) is 11.4 Å². The quantitative estimate of drug-likeness (QED) is 0.416. The van der Waals surface area contributed by atoms with Crippen molar-refractivity contribution in [3.63, 3.8) is 0 Å². The molecule has 134 valence electrons. The molecule has 0 spiro atoms. The van der Waals surface area contributed by atoms with E-state index in [-0.39, 0.29) is 10.6 Å². The van der Waals surface area contributed by atoms with E-state index < -0.39 is 0 Å². The normalized spacial score (nSPS) is 10.8. The van der Waals surface area contributed by atoms with Gasteiger partial charge in [0.2, 0.25) is 0 Å². The van der Waals surface area contributed by atoms with Crippen LogP contribution in [0.5, 0.6) is 0 Å². The maximum Gasteiger partial charge on any atom is 0.278 e. The van der Waals surface area contributed by atoms with Gasteiger partial charge in [0.15, 0.2) is 0 Å². The zero-order valence-corrected chi connectivity index (χ0v) is 14.4. The van der Waals surface area contributed by atoms with Gasteiger partial charge in [-0.25, -0.2) is 4.68 Å². The van der Waals surface area contributed by atoms with E-state index in [0.29, 0.717) is 11.9 Å². The van der Waals surface area contributed by atoms with Crippen LogP contribution in [-0.4, -0.2) is 26.2 Å². The number of fused-ring (bicyclic) bond motifs is 1. The van der Waals surface area contributed by atoms with E-state index in [1.54, 1.807) is 18.3 Å². The molecule has 7 nitrogen and oxygen atoms in total. The van der Waals surface area contributed by atoms with E-state index in [1.165, 1.54) is 12.3 Å². The van der Waals surface area contributed by atoms with Gasteiger partial charge in [-0.2, -0.15) is 5.10 Å². The number of benzene rings is 2. The third-order valence-electron chi connectivity index (χ3n) is 4.38. The molecule has 0 aliphatic carbocycles. The summed E-state index contributed by atoms with van der Waals surface area (Å²) in [6.07, 6.45) is 7.82. The molecule has 0 saturated carbocycles. The van der Waals surface area contributed by atoms with Crippen LogP contribution in [0.15, 0.2) is 73.3 Å². The highest BCUT2D eigenvalue weighted by Crippen LogP contribution is 2.30. The molecule has 0 aliphatic heterocycles. The van der Waals surface area contributed by atoms with Gasteiger partial charge < -0.3 is 5.32 Å². The summed E-state index contributed by atoms with van der Waals surface area (Å²) < 4.78 is 1.85. The fourth-order valence-electron chi connectivity index (χ4n) is 3.04. The van der Waals surface area contributed by atoms with Crippen molar-refractivity contribution in [3.8, 4) is 5.69 Å². The third kappa shape index (κ3) is 3.48. The average Bonchev–Trinajstić information content (AvgIpc) is 3.17. The molecule has 0 bridgehead atoms. The van der Waals surface area contributed by atoms with Crippen molar-refractivity contribution in [3.05, 3.63) is 89.0 Å². The van der Waals surface area contributed by atoms with E-state index in [2.05, 4.69) is 15.4 Å². The molecular weight excluding hydrogens is 342 g/mol.